The van der Waals surface area contributed by atoms with Crippen molar-refractivity contribution < 1.29 is 9.53 Å². The molecule has 0 saturated carbocycles. The van der Waals surface area contributed by atoms with Crippen LogP contribution in [0.5, 0.6) is 0 Å². The highest BCUT2D eigenvalue weighted by Crippen LogP contribution is 2.00. The van der Waals surface area contributed by atoms with E-state index in [1.165, 1.54) is 7.11 Å². The van der Waals surface area contributed by atoms with Gasteiger partial charge in [0, 0.05) is 26.2 Å². The predicted octanol–water partition coefficient (Wildman–Crippen LogP) is 0.165. The van der Waals surface area contributed by atoms with E-state index in [-0.39, 0.29) is 12.0 Å². The molecule has 0 aliphatic carbocycles. The number of carbonyl (C=O) groups is 1. The lowest BCUT2D eigenvalue weighted by molar-refractivity contribution is -0.143. The SMILES string of the molecule is CCC(NCCCN1CCN(C)CC1)C(=O)OC. The Morgan fingerprint density at radius 3 is 2.56 bits per heavy atom. The number of nitrogens with one attached hydrogen (secondary N) is 1. The first-order chi connectivity index (χ1) is 8.67. The van der Waals surface area contributed by atoms with Gasteiger partial charge in [0.15, 0.2) is 0 Å². The van der Waals surface area contributed by atoms with E-state index in [1.807, 2.05) is 6.92 Å². The van der Waals surface area contributed by atoms with Gasteiger partial charge in [0.2, 0.25) is 0 Å². The molecule has 1 N–H and O–H groups in total. The number of ether oxygens (including phenoxy) is 1. The van der Waals surface area contributed by atoms with E-state index in [2.05, 4.69) is 22.2 Å². The Hall–Kier alpha value is -0.650. The molecule has 1 fully saturated rings. The summed E-state index contributed by atoms with van der Waals surface area (Å²) in [7, 11) is 3.61. The number of rotatable bonds is 7. The highest BCUT2D eigenvalue weighted by Gasteiger charge is 2.16. The van der Waals surface area contributed by atoms with E-state index in [0.29, 0.717) is 0 Å². The Kier molecular flexibility index (Phi) is 7.23. The van der Waals surface area contributed by atoms with Crippen molar-refractivity contribution in [1.29, 1.82) is 0 Å². The second-order valence-electron chi connectivity index (χ2n) is 4.94. The molecule has 0 aromatic carbocycles. The average Bonchev–Trinajstić information content (AvgIpc) is 2.40. The smallest absolute Gasteiger partial charge is 0.322 e. The molecule has 18 heavy (non-hydrogen) atoms. The second kappa shape index (κ2) is 8.45. The number of nitrogens with zero attached hydrogens (tertiary/aromatic N) is 2. The van der Waals surface area contributed by atoms with Gasteiger partial charge < -0.3 is 19.9 Å². The molecule has 0 bridgehead atoms. The minimum atomic E-state index is -0.155. The van der Waals surface area contributed by atoms with Crippen LogP contribution in [0.4, 0.5) is 0 Å². The Morgan fingerprint density at radius 2 is 2.00 bits per heavy atom. The minimum Gasteiger partial charge on any atom is -0.468 e. The largest absolute Gasteiger partial charge is 0.468 e. The molecule has 1 atom stereocenters. The summed E-state index contributed by atoms with van der Waals surface area (Å²) in [6.45, 7) is 8.61. The van der Waals surface area contributed by atoms with Crippen LogP contribution in [0, 0.1) is 0 Å². The van der Waals surface area contributed by atoms with Crippen molar-refractivity contribution >= 4 is 5.97 Å². The molecule has 5 nitrogen and oxygen atoms in total. The first-order valence-electron chi connectivity index (χ1n) is 6.89. The standard InChI is InChI=1S/C13H27N3O2/c1-4-12(13(17)18-3)14-6-5-7-16-10-8-15(2)9-11-16/h12,14H,4-11H2,1-3H3. The molecule has 1 saturated heterocycles. The third-order valence-electron chi connectivity index (χ3n) is 3.53. The number of carbonyl (C=O) groups excluding carboxylic acids is 1. The van der Waals surface area contributed by atoms with E-state index < -0.39 is 0 Å². The van der Waals surface area contributed by atoms with Crippen LogP contribution in [-0.2, 0) is 9.53 Å². The maximum Gasteiger partial charge on any atom is 0.322 e. The number of piperazine rings is 1. The average molecular weight is 257 g/mol. The molecule has 0 radical (unpaired) electrons. The fourth-order valence-corrected chi connectivity index (χ4v) is 2.19. The first kappa shape index (κ1) is 15.4. The van der Waals surface area contributed by atoms with Gasteiger partial charge in [-0.1, -0.05) is 6.92 Å². The van der Waals surface area contributed by atoms with Crippen LogP contribution < -0.4 is 5.32 Å². The number of likely N-dealkylation sites (N-methyl/N-ethyl adjacent to an activating group) is 1. The molecular weight excluding hydrogens is 230 g/mol. The van der Waals surface area contributed by atoms with Crippen LogP contribution in [0.3, 0.4) is 0 Å². The van der Waals surface area contributed by atoms with Crippen molar-refractivity contribution in [2.45, 2.75) is 25.8 Å². The van der Waals surface area contributed by atoms with Crippen molar-refractivity contribution in [3.8, 4) is 0 Å². The van der Waals surface area contributed by atoms with Gasteiger partial charge in [0.25, 0.3) is 0 Å². The third kappa shape index (κ3) is 5.33. The molecule has 5 heteroatoms. The van der Waals surface area contributed by atoms with Gasteiger partial charge in [-0.3, -0.25) is 4.79 Å². The van der Waals surface area contributed by atoms with Crippen LogP contribution in [0.15, 0.2) is 0 Å². The third-order valence-corrected chi connectivity index (χ3v) is 3.53. The monoisotopic (exact) mass is 257 g/mol. The van der Waals surface area contributed by atoms with E-state index >= 15 is 0 Å². The zero-order valence-electron chi connectivity index (χ0n) is 11.9. The minimum absolute atomic E-state index is 0.150. The Labute approximate surface area is 110 Å². The van der Waals surface area contributed by atoms with Crippen LogP contribution in [0.25, 0.3) is 0 Å². The summed E-state index contributed by atoms with van der Waals surface area (Å²) in [5.74, 6) is -0.155. The number of hydrogen-bond donors (Lipinski definition) is 1. The molecule has 1 aliphatic rings. The van der Waals surface area contributed by atoms with Gasteiger partial charge in [-0.15, -0.1) is 0 Å². The van der Waals surface area contributed by atoms with Gasteiger partial charge in [0.1, 0.15) is 6.04 Å². The highest BCUT2D eigenvalue weighted by molar-refractivity contribution is 5.75. The van der Waals surface area contributed by atoms with Gasteiger partial charge in [-0.25, -0.2) is 0 Å². The van der Waals surface area contributed by atoms with Crippen molar-refractivity contribution in [3.05, 3.63) is 0 Å². The molecular formula is C13H27N3O2. The van der Waals surface area contributed by atoms with E-state index in [0.717, 1.165) is 52.1 Å². The van der Waals surface area contributed by atoms with Crippen molar-refractivity contribution in [1.82, 2.24) is 15.1 Å². The zero-order chi connectivity index (χ0) is 13.4. The normalized spacial score (nSPS) is 19.7. The first-order valence-corrected chi connectivity index (χ1v) is 6.89. The van der Waals surface area contributed by atoms with Crippen molar-refractivity contribution in [2.75, 3.05) is 53.4 Å². The lowest BCUT2D eigenvalue weighted by atomic mass is 10.2. The number of methoxy groups -OCH3 is 1. The summed E-state index contributed by atoms with van der Waals surface area (Å²) in [4.78, 5) is 16.2. The van der Waals surface area contributed by atoms with Gasteiger partial charge >= 0.3 is 5.97 Å². The molecule has 1 heterocycles. The van der Waals surface area contributed by atoms with Gasteiger partial charge in [-0.05, 0) is 33.0 Å². The van der Waals surface area contributed by atoms with E-state index in [1.54, 1.807) is 0 Å². The van der Waals surface area contributed by atoms with Gasteiger partial charge in [-0.2, -0.15) is 0 Å². The summed E-state index contributed by atoms with van der Waals surface area (Å²) in [5.41, 5.74) is 0. The van der Waals surface area contributed by atoms with E-state index in [4.69, 9.17) is 4.74 Å². The maximum absolute atomic E-state index is 11.4. The molecule has 1 rings (SSSR count). The molecule has 0 amide bonds. The second-order valence-corrected chi connectivity index (χ2v) is 4.94. The summed E-state index contributed by atoms with van der Waals surface area (Å²) in [5, 5.41) is 3.26. The predicted molar refractivity (Wildman–Crippen MR) is 72.7 cm³/mol. The molecule has 1 unspecified atom stereocenters. The Morgan fingerprint density at radius 1 is 1.33 bits per heavy atom. The summed E-state index contributed by atoms with van der Waals surface area (Å²) < 4.78 is 4.74. The summed E-state index contributed by atoms with van der Waals surface area (Å²) in [6.07, 6.45) is 1.86. The Bertz CT molecular complexity index is 240. The zero-order valence-corrected chi connectivity index (χ0v) is 11.9. The maximum atomic E-state index is 11.4. The Balaban J connectivity index is 2.08. The molecule has 0 aromatic rings. The van der Waals surface area contributed by atoms with E-state index in [9.17, 15) is 4.79 Å². The van der Waals surface area contributed by atoms with Crippen LogP contribution in [0.2, 0.25) is 0 Å². The fraction of sp³-hybridized carbons (Fsp3) is 0.923. The highest BCUT2D eigenvalue weighted by atomic mass is 16.5. The molecule has 1 aliphatic heterocycles. The number of hydrogen-bond acceptors (Lipinski definition) is 5. The van der Waals surface area contributed by atoms with Crippen molar-refractivity contribution in [2.24, 2.45) is 0 Å². The quantitative estimate of drug-likeness (QED) is 0.520. The molecule has 106 valence electrons. The van der Waals surface area contributed by atoms with Crippen LogP contribution in [0.1, 0.15) is 19.8 Å². The summed E-state index contributed by atoms with van der Waals surface area (Å²) >= 11 is 0. The topological polar surface area (TPSA) is 44.8 Å². The van der Waals surface area contributed by atoms with Crippen molar-refractivity contribution in [3.63, 3.8) is 0 Å². The van der Waals surface area contributed by atoms with Gasteiger partial charge in [0.05, 0.1) is 7.11 Å². The molecule has 0 spiro atoms. The fourth-order valence-electron chi connectivity index (χ4n) is 2.19. The lowest BCUT2D eigenvalue weighted by Crippen LogP contribution is -2.45. The summed E-state index contributed by atoms with van der Waals surface area (Å²) in [6, 6.07) is -0.150. The van der Waals surface area contributed by atoms with Crippen LogP contribution >= 0.6 is 0 Å². The lowest BCUT2D eigenvalue weighted by Gasteiger charge is -2.32. The number of esters is 1. The molecule has 0 aromatic heterocycles. The van der Waals surface area contributed by atoms with Crippen LogP contribution in [-0.4, -0.2) is 75.2 Å².